The van der Waals surface area contributed by atoms with Gasteiger partial charge in [0.2, 0.25) is 0 Å². The lowest BCUT2D eigenvalue weighted by atomic mass is 9.76. The zero-order chi connectivity index (χ0) is 19.5. The van der Waals surface area contributed by atoms with Gasteiger partial charge in [-0.2, -0.15) is 0 Å². The summed E-state index contributed by atoms with van der Waals surface area (Å²) in [5.41, 5.74) is 4.78. The van der Waals surface area contributed by atoms with E-state index in [0.717, 1.165) is 42.0 Å². The highest BCUT2D eigenvalue weighted by molar-refractivity contribution is 7.80. The van der Waals surface area contributed by atoms with E-state index in [4.69, 9.17) is 26.7 Å². The summed E-state index contributed by atoms with van der Waals surface area (Å²) >= 11 is 5.48. The van der Waals surface area contributed by atoms with Crippen molar-refractivity contribution in [2.45, 2.75) is 25.3 Å². The molecule has 4 nitrogen and oxygen atoms in total. The number of fused-ring (bicyclic) bond motifs is 1. The third-order valence-electron chi connectivity index (χ3n) is 5.48. The van der Waals surface area contributed by atoms with Crippen LogP contribution in [0.25, 0.3) is 6.08 Å². The number of aliphatic imine (C=N–C) groups is 1. The summed E-state index contributed by atoms with van der Waals surface area (Å²) in [6.07, 6.45) is 5.51. The normalized spacial score (nSPS) is 22.9. The first-order chi connectivity index (χ1) is 13.7. The van der Waals surface area contributed by atoms with Crippen LogP contribution < -0.4 is 14.8 Å². The van der Waals surface area contributed by atoms with Gasteiger partial charge in [0.1, 0.15) is 11.5 Å². The van der Waals surface area contributed by atoms with Crippen molar-refractivity contribution in [1.29, 1.82) is 0 Å². The van der Waals surface area contributed by atoms with Crippen LogP contribution in [-0.2, 0) is 0 Å². The maximum Gasteiger partial charge on any atom is 0.193 e. The molecule has 0 aromatic heterocycles. The molecule has 28 heavy (non-hydrogen) atoms. The number of nitrogens with zero attached hydrogens (tertiary/aromatic N) is 1. The summed E-state index contributed by atoms with van der Waals surface area (Å²) in [4.78, 5) is 4.74. The van der Waals surface area contributed by atoms with E-state index in [1.807, 2.05) is 24.3 Å². The number of allylic oxidation sites excluding steroid dienone is 1. The first-order valence-corrected chi connectivity index (χ1v) is 9.97. The van der Waals surface area contributed by atoms with Crippen molar-refractivity contribution in [3.05, 3.63) is 65.2 Å². The van der Waals surface area contributed by atoms with Crippen LogP contribution in [0.3, 0.4) is 0 Å². The Morgan fingerprint density at radius 1 is 1.00 bits per heavy atom. The number of benzene rings is 2. The third-order valence-corrected chi connectivity index (χ3v) is 5.69. The maximum absolute atomic E-state index is 5.48. The molecule has 2 aromatic rings. The Kier molecular flexibility index (Phi) is 5.44. The summed E-state index contributed by atoms with van der Waals surface area (Å²) in [5.74, 6) is 2.04. The molecule has 1 saturated carbocycles. The Labute approximate surface area is 171 Å². The van der Waals surface area contributed by atoms with Gasteiger partial charge < -0.3 is 14.8 Å². The van der Waals surface area contributed by atoms with Crippen molar-refractivity contribution in [2.24, 2.45) is 10.9 Å². The lowest BCUT2D eigenvalue weighted by Crippen LogP contribution is -2.42. The number of ether oxygens (including phenoxy) is 2. The van der Waals surface area contributed by atoms with E-state index in [1.165, 1.54) is 11.1 Å². The molecule has 0 saturated heterocycles. The Morgan fingerprint density at radius 2 is 1.64 bits per heavy atom. The van der Waals surface area contributed by atoms with Crippen LogP contribution >= 0.6 is 12.2 Å². The topological polar surface area (TPSA) is 42.8 Å². The highest BCUT2D eigenvalue weighted by Crippen LogP contribution is 2.38. The van der Waals surface area contributed by atoms with Crippen molar-refractivity contribution >= 4 is 29.1 Å². The summed E-state index contributed by atoms with van der Waals surface area (Å²) in [6, 6.07) is 16.5. The lowest BCUT2D eigenvalue weighted by Gasteiger charge is -2.37. The molecule has 4 rings (SSSR count). The molecule has 0 bridgehead atoms. The Hall–Kier alpha value is -2.66. The van der Waals surface area contributed by atoms with E-state index >= 15 is 0 Å². The average molecular weight is 393 g/mol. The van der Waals surface area contributed by atoms with E-state index in [2.05, 4.69) is 35.7 Å². The van der Waals surface area contributed by atoms with Crippen molar-refractivity contribution in [3.8, 4) is 11.5 Å². The molecule has 1 aliphatic heterocycles. The smallest absolute Gasteiger partial charge is 0.193 e. The molecule has 1 aliphatic carbocycles. The second kappa shape index (κ2) is 8.15. The summed E-state index contributed by atoms with van der Waals surface area (Å²) < 4.78 is 10.6. The Morgan fingerprint density at radius 3 is 2.29 bits per heavy atom. The molecule has 2 aliphatic rings. The number of methoxy groups -OCH3 is 2. The first-order valence-electron chi connectivity index (χ1n) is 9.56. The first kappa shape index (κ1) is 18.7. The molecule has 0 radical (unpaired) electrons. The zero-order valence-electron chi connectivity index (χ0n) is 16.1. The van der Waals surface area contributed by atoms with Gasteiger partial charge in [0.15, 0.2) is 5.11 Å². The molecule has 0 unspecified atom stereocenters. The second-order valence-corrected chi connectivity index (χ2v) is 7.53. The van der Waals surface area contributed by atoms with Crippen LogP contribution in [0.1, 0.15) is 36.4 Å². The van der Waals surface area contributed by atoms with Gasteiger partial charge in [-0.15, -0.1) is 0 Å². The Balaban J connectivity index is 1.65. The van der Waals surface area contributed by atoms with Crippen molar-refractivity contribution < 1.29 is 9.47 Å². The van der Waals surface area contributed by atoms with Gasteiger partial charge in [-0.1, -0.05) is 24.3 Å². The van der Waals surface area contributed by atoms with Crippen LogP contribution in [0.4, 0.5) is 0 Å². The molecule has 1 N–H and O–H groups in total. The van der Waals surface area contributed by atoms with Gasteiger partial charge in [0, 0.05) is 5.92 Å². The molecule has 0 spiro atoms. The monoisotopic (exact) mass is 392 g/mol. The van der Waals surface area contributed by atoms with E-state index in [0.29, 0.717) is 11.0 Å². The minimum absolute atomic E-state index is 0.144. The van der Waals surface area contributed by atoms with Gasteiger partial charge in [0.25, 0.3) is 0 Å². The van der Waals surface area contributed by atoms with Gasteiger partial charge >= 0.3 is 0 Å². The van der Waals surface area contributed by atoms with Crippen LogP contribution in [0.2, 0.25) is 0 Å². The number of rotatable bonds is 4. The predicted molar refractivity (Wildman–Crippen MR) is 117 cm³/mol. The molecule has 2 aromatic carbocycles. The van der Waals surface area contributed by atoms with Crippen LogP contribution in [-0.4, -0.2) is 25.0 Å². The molecular formula is C23H24N2O2S. The lowest BCUT2D eigenvalue weighted by molar-refractivity contribution is 0.412. The van der Waals surface area contributed by atoms with Crippen molar-refractivity contribution in [1.82, 2.24) is 5.32 Å². The highest BCUT2D eigenvalue weighted by atomic mass is 32.1. The van der Waals surface area contributed by atoms with E-state index in [9.17, 15) is 0 Å². The molecule has 1 heterocycles. The van der Waals surface area contributed by atoms with Crippen LogP contribution in [0, 0.1) is 5.92 Å². The molecule has 5 heteroatoms. The standard InChI is InChI=1S/C23H24N2O2S/c1-26-18-10-6-15(7-11-18)14-17-4-3-5-20-21(24-23(28)25-22(17)20)16-8-12-19(27-2)13-9-16/h6-14,20-21H,3-5H2,1-2H3,(H,24,28)/b17-14+/t20-,21-/m0/s1. The molecule has 0 amide bonds. The average Bonchev–Trinajstić information content (AvgIpc) is 2.74. The fourth-order valence-corrected chi connectivity index (χ4v) is 4.27. The van der Waals surface area contributed by atoms with Gasteiger partial charge in [-0.25, -0.2) is 4.99 Å². The molecule has 144 valence electrons. The molecular weight excluding hydrogens is 368 g/mol. The van der Waals surface area contributed by atoms with Crippen molar-refractivity contribution in [3.63, 3.8) is 0 Å². The minimum Gasteiger partial charge on any atom is -0.497 e. The number of thiocarbonyl (C=S) groups is 1. The third kappa shape index (κ3) is 3.80. The summed E-state index contributed by atoms with van der Waals surface area (Å²) in [6.45, 7) is 0. The highest BCUT2D eigenvalue weighted by Gasteiger charge is 2.36. The second-order valence-electron chi connectivity index (χ2n) is 7.14. The summed E-state index contributed by atoms with van der Waals surface area (Å²) in [5, 5.41) is 3.99. The predicted octanol–water partition coefficient (Wildman–Crippen LogP) is 4.96. The fraction of sp³-hybridized carbons (Fsp3) is 0.304. The maximum atomic E-state index is 5.48. The minimum atomic E-state index is 0.144. The fourth-order valence-electron chi connectivity index (χ4n) is 4.04. The van der Waals surface area contributed by atoms with Crippen LogP contribution in [0.15, 0.2) is 59.1 Å². The summed E-state index contributed by atoms with van der Waals surface area (Å²) in [7, 11) is 3.37. The SMILES string of the molecule is COc1ccc(/C=C2\CCC[C@@H]3C2=NC(=S)N[C@H]3c2ccc(OC)cc2)cc1. The quantitative estimate of drug-likeness (QED) is 0.747. The zero-order valence-corrected chi connectivity index (χ0v) is 17.0. The molecule has 1 fully saturated rings. The van der Waals surface area contributed by atoms with Gasteiger partial charge in [-0.3, -0.25) is 0 Å². The van der Waals surface area contributed by atoms with Gasteiger partial charge in [0.05, 0.1) is 26.0 Å². The van der Waals surface area contributed by atoms with Gasteiger partial charge in [-0.05, 0) is 78.5 Å². The van der Waals surface area contributed by atoms with Crippen LogP contribution in [0.5, 0.6) is 11.5 Å². The Bertz CT molecular complexity index is 917. The van der Waals surface area contributed by atoms with E-state index in [-0.39, 0.29) is 6.04 Å². The van der Waals surface area contributed by atoms with E-state index in [1.54, 1.807) is 14.2 Å². The largest absolute Gasteiger partial charge is 0.497 e. The number of nitrogens with one attached hydrogen (secondary N) is 1. The number of hydrogen-bond acceptors (Lipinski definition) is 3. The number of hydrogen-bond donors (Lipinski definition) is 1. The van der Waals surface area contributed by atoms with Crippen molar-refractivity contribution in [2.75, 3.05) is 14.2 Å². The molecule has 2 atom stereocenters. The van der Waals surface area contributed by atoms with E-state index < -0.39 is 0 Å².